The molecule has 1 aromatic heterocycles. The fourth-order valence-corrected chi connectivity index (χ4v) is 3.74. The number of hydrogen-bond acceptors (Lipinski definition) is 11. The average Bonchev–Trinajstić information content (AvgIpc) is 2.74. The number of benzene rings is 2. The average molecular weight is 448 g/mol. The number of phenolic OH excluding ortho intramolecular Hbond substituents is 4. The minimum Gasteiger partial charge on any atom is -0.507 e. The summed E-state index contributed by atoms with van der Waals surface area (Å²) in [5.74, 6) is -2.28. The van der Waals surface area contributed by atoms with Gasteiger partial charge in [0.2, 0.25) is 0 Å². The highest BCUT2D eigenvalue weighted by Crippen LogP contribution is 2.44. The number of hydrogen-bond donors (Lipinski definition) is 8. The lowest BCUT2D eigenvalue weighted by Gasteiger charge is -2.40. The van der Waals surface area contributed by atoms with E-state index >= 15 is 0 Å². The van der Waals surface area contributed by atoms with E-state index in [9.17, 15) is 45.6 Å². The quantitative estimate of drug-likeness (QED) is 0.247. The Kier molecular flexibility index (Phi) is 5.44. The topological polar surface area (TPSA) is 201 Å². The van der Waals surface area contributed by atoms with Crippen LogP contribution in [0.4, 0.5) is 0 Å². The van der Waals surface area contributed by atoms with Crippen molar-refractivity contribution in [1.82, 2.24) is 0 Å². The summed E-state index contributed by atoms with van der Waals surface area (Å²) in [6.45, 7) is -0.721. The number of aliphatic hydroxyl groups is 4. The molecule has 0 spiro atoms. The van der Waals surface area contributed by atoms with Crippen molar-refractivity contribution >= 4 is 11.0 Å². The molecule has 1 fully saturated rings. The van der Waals surface area contributed by atoms with Crippen molar-refractivity contribution in [1.29, 1.82) is 0 Å². The Labute approximate surface area is 179 Å². The van der Waals surface area contributed by atoms with Gasteiger partial charge >= 0.3 is 0 Å². The van der Waals surface area contributed by atoms with E-state index in [0.29, 0.717) is 0 Å². The first-order valence-corrected chi connectivity index (χ1v) is 9.49. The summed E-state index contributed by atoms with van der Waals surface area (Å²) in [5, 5.41) is 79.6. The van der Waals surface area contributed by atoms with Crippen LogP contribution in [0.1, 0.15) is 11.7 Å². The maximum absolute atomic E-state index is 12.8. The van der Waals surface area contributed by atoms with Crippen molar-refractivity contribution in [3.63, 3.8) is 0 Å². The van der Waals surface area contributed by atoms with Crippen LogP contribution in [0, 0.1) is 0 Å². The molecule has 0 aliphatic carbocycles. The number of ether oxygens (including phenoxy) is 1. The first-order chi connectivity index (χ1) is 15.1. The van der Waals surface area contributed by atoms with Crippen molar-refractivity contribution in [2.75, 3.05) is 6.61 Å². The minimum absolute atomic E-state index is 0.0304. The SMILES string of the molecule is O=c1cc(-c2ccc(O)c(O)c2)oc2cc(O)c([C@H]3O[C@H](CO)[C@H](O)[C@H](O)[C@H]3O)c(O)c12. The van der Waals surface area contributed by atoms with Crippen molar-refractivity contribution in [3.05, 3.63) is 46.1 Å². The number of aliphatic hydroxyl groups excluding tert-OH is 4. The van der Waals surface area contributed by atoms with E-state index in [0.717, 1.165) is 18.2 Å². The summed E-state index contributed by atoms with van der Waals surface area (Å²) >= 11 is 0. The number of aromatic hydroxyl groups is 4. The molecule has 0 saturated carbocycles. The van der Waals surface area contributed by atoms with Gasteiger partial charge in [-0.25, -0.2) is 0 Å². The predicted molar refractivity (Wildman–Crippen MR) is 107 cm³/mol. The van der Waals surface area contributed by atoms with Crippen LogP contribution in [0.2, 0.25) is 0 Å². The molecule has 0 unspecified atom stereocenters. The molecule has 0 radical (unpaired) electrons. The first-order valence-electron chi connectivity index (χ1n) is 9.49. The fraction of sp³-hybridized carbons (Fsp3) is 0.286. The van der Waals surface area contributed by atoms with E-state index in [4.69, 9.17) is 9.15 Å². The third kappa shape index (κ3) is 3.42. The van der Waals surface area contributed by atoms with Crippen LogP contribution in [0.15, 0.2) is 39.5 Å². The van der Waals surface area contributed by atoms with Crippen molar-refractivity contribution in [2.45, 2.75) is 30.5 Å². The van der Waals surface area contributed by atoms with Crippen LogP contribution in [0.3, 0.4) is 0 Å². The molecule has 2 heterocycles. The van der Waals surface area contributed by atoms with Crippen molar-refractivity contribution < 1.29 is 50.0 Å². The van der Waals surface area contributed by atoms with Gasteiger partial charge in [-0.05, 0) is 18.2 Å². The molecule has 1 aliphatic heterocycles. The van der Waals surface area contributed by atoms with E-state index < -0.39 is 65.4 Å². The lowest BCUT2D eigenvalue weighted by Crippen LogP contribution is -2.55. The first kappa shape index (κ1) is 21.9. The molecule has 8 N–H and O–H groups in total. The number of phenols is 4. The maximum atomic E-state index is 12.8. The smallest absolute Gasteiger partial charge is 0.197 e. The minimum atomic E-state index is -1.80. The molecule has 3 aromatic rings. The number of rotatable bonds is 3. The molecule has 170 valence electrons. The van der Waals surface area contributed by atoms with Crippen LogP contribution in [0.25, 0.3) is 22.3 Å². The van der Waals surface area contributed by atoms with Crippen LogP contribution < -0.4 is 5.43 Å². The van der Waals surface area contributed by atoms with Gasteiger partial charge in [0, 0.05) is 17.7 Å². The Balaban J connectivity index is 1.86. The molecule has 11 heteroatoms. The van der Waals surface area contributed by atoms with Crippen LogP contribution in [-0.4, -0.2) is 71.9 Å². The highest BCUT2D eigenvalue weighted by Gasteiger charge is 2.46. The summed E-state index contributed by atoms with van der Waals surface area (Å²) < 4.78 is 11.0. The molecular formula is C21H20O11. The van der Waals surface area contributed by atoms with E-state index in [1.54, 1.807) is 0 Å². The van der Waals surface area contributed by atoms with E-state index in [1.807, 2.05) is 0 Å². The highest BCUT2D eigenvalue weighted by atomic mass is 16.5. The predicted octanol–water partition coefficient (Wildman–Crippen LogP) is -0.203. The second-order valence-corrected chi connectivity index (χ2v) is 7.46. The van der Waals surface area contributed by atoms with Gasteiger partial charge in [-0.1, -0.05) is 0 Å². The molecular weight excluding hydrogens is 428 g/mol. The summed E-state index contributed by atoms with van der Waals surface area (Å²) in [6, 6.07) is 5.73. The molecule has 32 heavy (non-hydrogen) atoms. The van der Waals surface area contributed by atoms with Gasteiger partial charge in [-0.2, -0.15) is 0 Å². The summed E-state index contributed by atoms with van der Waals surface area (Å²) in [7, 11) is 0. The third-order valence-electron chi connectivity index (χ3n) is 5.45. The summed E-state index contributed by atoms with van der Waals surface area (Å²) in [5.41, 5.74) is -1.17. The lowest BCUT2D eigenvalue weighted by atomic mass is 9.89. The zero-order valence-electron chi connectivity index (χ0n) is 16.3. The Morgan fingerprint density at radius 1 is 0.844 bits per heavy atom. The summed E-state index contributed by atoms with van der Waals surface area (Å²) in [4.78, 5) is 12.8. The normalized spacial score (nSPS) is 25.8. The summed E-state index contributed by atoms with van der Waals surface area (Å²) in [6.07, 6.45) is -8.09. The van der Waals surface area contributed by atoms with Gasteiger partial charge in [0.1, 0.15) is 58.7 Å². The zero-order chi connectivity index (χ0) is 23.3. The van der Waals surface area contributed by atoms with Gasteiger partial charge in [0.05, 0.1) is 12.2 Å². The fourth-order valence-electron chi connectivity index (χ4n) is 3.74. The lowest BCUT2D eigenvalue weighted by molar-refractivity contribution is -0.232. The van der Waals surface area contributed by atoms with Gasteiger partial charge < -0.3 is 50.0 Å². The van der Waals surface area contributed by atoms with Gasteiger partial charge in [0.15, 0.2) is 16.9 Å². The Bertz CT molecular complexity index is 1230. The van der Waals surface area contributed by atoms with Crippen molar-refractivity contribution in [3.8, 4) is 34.3 Å². The second-order valence-electron chi connectivity index (χ2n) is 7.46. The molecule has 1 aliphatic rings. The van der Waals surface area contributed by atoms with Gasteiger partial charge in [0.25, 0.3) is 0 Å². The molecule has 0 amide bonds. The standard InChI is InChI=1S/C21H20O11/c22-6-14-17(27)19(29)20(30)21(32-14)16-11(26)5-13-15(18(16)28)10(25)4-12(31-13)7-1-2-8(23)9(24)3-7/h1-5,14,17,19-24,26-30H,6H2/t14-,17+,19+,20-,21-/m1/s1. The Morgan fingerprint density at radius 3 is 2.22 bits per heavy atom. The van der Waals surface area contributed by atoms with Crippen molar-refractivity contribution in [2.24, 2.45) is 0 Å². The second kappa shape index (κ2) is 7.97. The molecule has 11 nitrogen and oxygen atoms in total. The molecule has 0 bridgehead atoms. The molecule has 2 aromatic carbocycles. The van der Waals surface area contributed by atoms with E-state index in [-0.39, 0.29) is 28.0 Å². The van der Waals surface area contributed by atoms with Crippen LogP contribution >= 0.6 is 0 Å². The monoisotopic (exact) mass is 448 g/mol. The molecule has 5 atom stereocenters. The van der Waals surface area contributed by atoms with Crippen LogP contribution in [-0.2, 0) is 4.74 Å². The molecule has 1 saturated heterocycles. The van der Waals surface area contributed by atoms with Crippen LogP contribution in [0.5, 0.6) is 23.0 Å². The zero-order valence-corrected chi connectivity index (χ0v) is 16.3. The Hall–Kier alpha value is -3.35. The van der Waals surface area contributed by atoms with E-state index in [1.165, 1.54) is 12.1 Å². The maximum Gasteiger partial charge on any atom is 0.197 e. The molecule has 4 rings (SSSR count). The third-order valence-corrected chi connectivity index (χ3v) is 5.45. The highest BCUT2D eigenvalue weighted by molar-refractivity contribution is 5.88. The van der Waals surface area contributed by atoms with E-state index in [2.05, 4.69) is 0 Å². The Morgan fingerprint density at radius 2 is 1.56 bits per heavy atom. The van der Waals surface area contributed by atoms with Gasteiger partial charge in [-0.15, -0.1) is 0 Å². The number of fused-ring (bicyclic) bond motifs is 1. The largest absolute Gasteiger partial charge is 0.507 e. The van der Waals surface area contributed by atoms with Gasteiger partial charge in [-0.3, -0.25) is 4.79 Å².